The third-order valence-corrected chi connectivity index (χ3v) is 4.49. The Kier molecular flexibility index (Phi) is 3.29. The van der Waals surface area contributed by atoms with Gasteiger partial charge in [0.05, 0.1) is 5.56 Å². The van der Waals surface area contributed by atoms with E-state index in [0.29, 0.717) is 29.1 Å². The molecule has 4 heteroatoms. The number of fused-ring (bicyclic) bond motifs is 2. The van der Waals surface area contributed by atoms with Crippen LogP contribution in [0.3, 0.4) is 0 Å². The first-order valence-electron chi connectivity index (χ1n) is 6.24. The maximum atomic E-state index is 11.9. The van der Waals surface area contributed by atoms with Crippen molar-refractivity contribution in [1.29, 1.82) is 0 Å². The quantitative estimate of drug-likeness (QED) is 0.597. The number of benzene rings is 1. The van der Waals surface area contributed by atoms with E-state index in [1.807, 2.05) is 6.07 Å². The zero-order chi connectivity index (χ0) is 14.1. The van der Waals surface area contributed by atoms with Gasteiger partial charge in [0.25, 0.3) is 0 Å². The molecule has 1 aliphatic heterocycles. The summed E-state index contributed by atoms with van der Waals surface area (Å²) in [5, 5.41) is 0.803. The van der Waals surface area contributed by atoms with E-state index in [4.69, 9.17) is 4.42 Å². The first kappa shape index (κ1) is 12.9. The molecule has 0 fully saturated rings. The molecule has 1 aromatic heterocycles. The lowest BCUT2D eigenvalue weighted by molar-refractivity contribution is 0.559. The lowest BCUT2D eigenvalue weighted by atomic mass is 10.0. The highest BCUT2D eigenvalue weighted by Crippen LogP contribution is 2.22. The summed E-state index contributed by atoms with van der Waals surface area (Å²) in [5.41, 5.74) is 2.25. The molecule has 1 atom stereocenters. The molecule has 3 rings (SSSR count). The van der Waals surface area contributed by atoms with Crippen LogP contribution in [0, 0.1) is 11.8 Å². The molecule has 0 saturated heterocycles. The molecule has 1 aromatic carbocycles. The van der Waals surface area contributed by atoms with Crippen molar-refractivity contribution < 1.29 is 8.63 Å². The maximum absolute atomic E-state index is 11.9. The van der Waals surface area contributed by atoms with Crippen LogP contribution in [-0.2, 0) is 16.6 Å². The van der Waals surface area contributed by atoms with E-state index >= 15 is 0 Å². The van der Waals surface area contributed by atoms with Crippen molar-refractivity contribution >= 4 is 27.8 Å². The van der Waals surface area contributed by atoms with Crippen molar-refractivity contribution in [2.45, 2.75) is 12.2 Å². The molecule has 3 nitrogen and oxygen atoms in total. The summed E-state index contributed by atoms with van der Waals surface area (Å²) in [7, 11) is -0.899. The summed E-state index contributed by atoms with van der Waals surface area (Å²) in [5.74, 6) is 7.15. The molecular formula is C16H12O3S. The fourth-order valence-electron chi connectivity index (χ4n) is 2.18. The normalized spacial score (nSPS) is 17.5. The van der Waals surface area contributed by atoms with Gasteiger partial charge in [0, 0.05) is 39.7 Å². The predicted molar refractivity (Wildman–Crippen MR) is 80.8 cm³/mol. The van der Waals surface area contributed by atoms with Gasteiger partial charge in [-0.3, -0.25) is 4.21 Å². The third-order valence-electron chi connectivity index (χ3n) is 3.20. The molecule has 0 aliphatic carbocycles. The molecule has 1 aliphatic rings. The second-order valence-electron chi connectivity index (χ2n) is 4.58. The van der Waals surface area contributed by atoms with Gasteiger partial charge in [-0.15, -0.1) is 0 Å². The Morgan fingerprint density at radius 2 is 2.20 bits per heavy atom. The maximum Gasteiger partial charge on any atom is 0.343 e. The number of hydrogen-bond donors (Lipinski definition) is 0. The van der Waals surface area contributed by atoms with Crippen molar-refractivity contribution in [2.75, 3.05) is 5.75 Å². The molecular weight excluding hydrogens is 272 g/mol. The van der Waals surface area contributed by atoms with Crippen molar-refractivity contribution in [1.82, 2.24) is 0 Å². The smallest absolute Gasteiger partial charge is 0.343 e. The van der Waals surface area contributed by atoms with E-state index in [0.717, 1.165) is 16.5 Å². The highest BCUT2D eigenvalue weighted by molar-refractivity contribution is 7.84. The van der Waals surface area contributed by atoms with E-state index in [-0.39, 0.29) is 0 Å². The largest absolute Gasteiger partial charge is 0.422 e. The fraction of sp³-hybridized carbons (Fsp3) is 0.188. The molecule has 20 heavy (non-hydrogen) atoms. The summed E-state index contributed by atoms with van der Waals surface area (Å²) in [6.45, 7) is 3.59. The lowest BCUT2D eigenvalue weighted by Crippen LogP contribution is -2.06. The minimum atomic E-state index is -0.899. The van der Waals surface area contributed by atoms with E-state index in [1.165, 1.54) is 6.08 Å². The van der Waals surface area contributed by atoms with Crippen molar-refractivity contribution in [3.63, 3.8) is 0 Å². The molecule has 0 radical (unpaired) electrons. The monoisotopic (exact) mass is 284 g/mol. The second-order valence-corrected chi connectivity index (χ2v) is 6.16. The Bertz CT molecular complexity index is 850. The van der Waals surface area contributed by atoms with Gasteiger partial charge in [-0.05, 0) is 23.8 Å². The zero-order valence-corrected chi connectivity index (χ0v) is 11.6. The van der Waals surface area contributed by atoms with E-state index in [9.17, 15) is 9.00 Å². The van der Waals surface area contributed by atoms with Crippen LogP contribution in [0.5, 0.6) is 0 Å². The van der Waals surface area contributed by atoms with Crippen LogP contribution in [-0.4, -0.2) is 9.96 Å². The molecule has 0 bridgehead atoms. The minimum absolute atomic E-state index is 0.408. The van der Waals surface area contributed by atoms with Gasteiger partial charge in [0.1, 0.15) is 5.58 Å². The van der Waals surface area contributed by atoms with Gasteiger partial charge < -0.3 is 4.42 Å². The van der Waals surface area contributed by atoms with Crippen LogP contribution in [0.25, 0.3) is 17.0 Å². The molecule has 2 aromatic rings. The van der Waals surface area contributed by atoms with Gasteiger partial charge in [-0.2, -0.15) is 0 Å². The molecule has 0 saturated carbocycles. The van der Waals surface area contributed by atoms with Gasteiger partial charge in [-0.1, -0.05) is 24.5 Å². The van der Waals surface area contributed by atoms with Crippen LogP contribution < -0.4 is 5.63 Å². The van der Waals surface area contributed by atoms with Crippen LogP contribution in [0.15, 0.2) is 34.0 Å². The SMILES string of the molecule is C=Cc1cc2cc3c(cc2oc1=O)C#CCCS(=O)C3. The molecule has 1 unspecified atom stereocenters. The van der Waals surface area contributed by atoms with E-state index in [1.54, 1.807) is 12.1 Å². The summed E-state index contributed by atoms with van der Waals surface area (Å²) in [6, 6.07) is 5.40. The minimum Gasteiger partial charge on any atom is -0.422 e. The molecule has 0 spiro atoms. The topological polar surface area (TPSA) is 47.3 Å². The van der Waals surface area contributed by atoms with Crippen LogP contribution >= 0.6 is 0 Å². The Hall–Kier alpha value is -2.12. The second kappa shape index (κ2) is 5.10. The van der Waals surface area contributed by atoms with Crippen LogP contribution in [0.1, 0.15) is 23.1 Å². The molecule has 0 amide bonds. The van der Waals surface area contributed by atoms with Crippen LogP contribution in [0.4, 0.5) is 0 Å². The number of hydrogen-bond acceptors (Lipinski definition) is 3. The average molecular weight is 284 g/mol. The summed E-state index contributed by atoms with van der Waals surface area (Å²) >= 11 is 0. The van der Waals surface area contributed by atoms with Crippen LogP contribution in [0.2, 0.25) is 0 Å². The Labute approximate surface area is 118 Å². The lowest BCUT2D eigenvalue weighted by Gasteiger charge is -2.09. The fourth-order valence-corrected chi connectivity index (χ4v) is 3.24. The van der Waals surface area contributed by atoms with Crippen molar-refractivity contribution in [3.05, 3.63) is 51.9 Å². The Balaban J connectivity index is 2.28. The first-order chi connectivity index (χ1) is 9.67. The summed E-state index contributed by atoms with van der Waals surface area (Å²) in [4.78, 5) is 11.7. The van der Waals surface area contributed by atoms with Crippen molar-refractivity contribution in [3.8, 4) is 11.8 Å². The van der Waals surface area contributed by atoms with E-state index < -0.39 is 16.4 Å². The predicted octanol–water partition coefficient (Wildman–Crippen LogP) is 2.44. The molecule has 100 valence electrons. The molecule has 2 heterocycles. The van der Waals surface area contributed by atoms with Gasteiger partial charge >= 0.3 is 5.63 Å². The highest BCUT2D eigenvalue weighted by atomic mass is 32.2. The van der Waals surface area contributed by atoms with E-state index in [2.05, 4.69) is 18.4 Å². The summed E-state index contributed by atoms with van der Waals surface area (Å²) < 4.78 is 17.1. The van der Waals surface area contributed by atoms with Gasteiger partial charge in [-0.25, -0.2) is 4.79 Å². The first-order valence-corrected chi connectivity index (χ1v) is 7.73. The zero-order valence-electron chi connectivity index (χ0n) is 10.8. The molecule has 0 N–H and O–H groups in total. The van der Waals surface area contributed by atoms with Crippen molar-refractivity contribution in [2.24, 2.45) is 0 Å². The highest BCUT2D eigenvalue weighted by Gasteiger charge is 2.11. The van der Waals surface area contributed by atoms with Gasteiger partial charge in [0.2, 0.25) is 0 Å². The summed E-state index contributed by atoms with van der Waals surface area (Å²) in [6.07, 6.45) is 2.10. The third kappa shape index (κ3) is 2.33. The van der Waals surface area contributed by atoms with Gasteiger partial charge in [0.15, 0.2) is 0 Å². The standard InChI is InChI=1S/C16H12O3S/c1-2-11-7-13-8-14-10-20(18)6-4-3-5-12(14)9-15(13)19-16(11)17/h2,7-9H,1,4,6,10H2. The Morgan fingerprint density at radius 3 is 3.00 bits per heavy atom. The number of rotatable bonds is 1. The average Bonchev–Trinajstić information content (AvgIpc) is 2.41. The Morgan fingerprint density at radius 1 is 1.35 bits per heavy atom.